The number of hydrogen-bond donors (Lipinski definition) is 0. The fourth-order valence-corrected chi connectivity index (χ4v) is 10.8. The molecule has 0 spiro atoms. The standard InChI is InChI=1S/C38H28N4O2P2/c43-45(29-14-3-1-4-15-29,37-24-12-22-35(41-37)33-20-7-9-26-39-33)31-18-11-19-32(28-31)46(44,30-16-5-2-6-17-30)38-25-13-23-36(42-38)34-21-8-10-27-40-34/h1-28H. The van der Waals surface area contributed by atoms with E-state index in [1.807, 2.05) is 146 Å². The van der Waals surface area contributed by atoms with E-state index >= 15 is 9.13 Å². The zero-order chi connectivity index (χ0) is 31.4. The zero-order valence-electron chi connectivity index (χ0n) is 24.7. The third-order valence-electron chi connectivity index (χ3n) is 7.77. The summed E-state index contributed by atoms with van der Waals surface area (Å²) in [7, 11) is -7.10. The molecule has 46 heavy (non-hydrogen) atoms. The molecule has 2 unspecified atom stereocenters. The topological polar surface area (TPSA) is 85.7 Å². The first-order chi connectivity index (χ1) is 22.6. The number of hydrogen-bond acceptors (Lipinski definition) is 6. The molecule has 0 N–H and O–H groups in total. The monoisotopic (exact) mass is 634 g/mol. The van der Waals surface area contributed by atoms with Crippen LogP contribution in [0.15, 0.2) is 170 Å². The summed E-state index contributed by atoms with van der Waals surface area (Å²) in [6.45, 7) is 0. The Morgan fingerprint density at radius 2 is 0.717 bits per heavy atom. The Kier molecular flexibility index (Phi) is 8.07. The van der Waals surface area contributed by atoms with E-state index in [2.05, 4.69) is 9.97 Å². The summed E-state index contributed by atoms with van der Waals surface area (Å²) in [5.41, 5.74) is 3.45. The van der Waals surface area contributed by atoms with Crippen LogP contribution in [0, 0.1) is 0 Å². The van der Waals surface area contributed by atoms with Crippen molar-refractivity contribution in [2.75, 3.05) is 0 Å². The molecule has 222 valence electrons. The summed E-state index contributed by atoms with van der Waals surface area (Å²) in [5.74, 6) is 0. The normalized spacial score (nSPS) is 13.7. The van der Waals surface area contributed by atoms with Crippen molar-refractivity contribution in [3.05, 3.63) is 170 Å². The highest BCUT2D eigenvalue weighted by atomic mass is 31.2. The van der Waals surface area contributed by atoms with E-state index in [0.717, 1.165) is 0 Å². The molecule has 0 saturated carbocycles. The van der Waals surface area contributed by atoms with E-state index in [-0.39, 0.29) is 0 Å². The van der Waals surface area contributed by atoms with Crippen molar-refractivity contribution < 1.29 is 9.13 Å². The second-order valence-corrected chi connectivity index (χ2v) is 16.0. The van der Waals surface area contributed by atoms with Crippen LogP contribution in [0.3, 0.4) is 0 Å². The van der Waals surface area contributed by atoms with E-state index in [1.165, 1.54) is 0 Å². The van der Waals surface area contributed by atoms with E-state index < -0.39 is 14.3 Å². The maximum absolute atomic E-state index is 15.6. The first-order valence-electron chi connectivity index (χ1n) is 14.8. The minimum absolute atomic E-state index is 0.420. The van der Waals surface area contributed by atoms with Crippen molar-refractivity contribution in [1.82, 2.24) is 19.9 Å². The number of aromatic nitrogens is 4. The first kappa shape index (κ1) is 29.4. The van der Waals surface area contributed by atoms with Crippen molar-refractivity contribution >= 4 is 46.4 Å². The molecule has 4 heterocycles. The molecule has 0 radical (unpaired) electrons. The first-order valence-corrected chi connectivity index (χ1v) is 18.2. The summed E-state index contributed by atoms with van der Waals surface area (Å²) in [6.07, 6.45) is 3.42. The quantitative estimate of drug-likeness (QED) is 0.194. The molecule has 0 aliphatic rings. The van der Waals surface area contributed by atoms with Crippen molar-refractivity contribution in [3.8, 4) is 22.8 Å². The Labute approximate surface area is 267 Å². The molecule has 0 aliphatic heterocycles. The van der Waals surface area contributed by atoms with Gasteiger partial charge in [0.2, 0.25) is 0 Å². The second-order valence-electron chi connectivity index (χ2n) is 10.6. The Hall–Kier alpha value is -5.28. The van der Waals surface area contributed by atoms with Crippen LogP contribution in [0.4, 0.5) is 0 Å². The second kappa shape index (κ2) is 12.6. The van der Waals surface area contributed by atoms with Gasteiger partial charge in [0.15, 0.2) is 14.3 Å². The van der Waals surface area contributed by atoms with Crippen LogP contribution in [-0.2, 0) is 9.13 Å². The Bertz CT molecular complexity index is 2060. The van der Waals surface area contributed by atoms with Crippen LogP contribution < -0.4 is 32.1 Å². The molecule has 0 aliphatic carbocycles. The van der Waals surface area contributed by atoms with Crippen molar-refractivity contribution in [2.45, 2.75) is 0 Å². The zero-order valence-corrected chi connectivity index (χ0v) is 26.5. The SMILES string of the molecule is O=P(c1ccccc1)(c1cccc(P(=O)(c2ccccc2)c2cccc(-c3ccccn3)n2)c1)c1cccc(-c2ccccn2)n1. The van der Waals surface area contributed by atoms with Crippen LogP contribution in [0.5, 0.6) is 0 Å². The fraction of sp³-hybridized carbons (Fsp3) is 0. The van der Waals surface area contributed by atoms with Gasteiger partial charge in [-0.3, -0.25) is 9.97 Å². The molecular formula is C38H28N4O2P2. The third-order valence-corrected chi connectivity index (χ3v) is 13.6. The highest BCUT2D eigenvalue weighted by Crippen LogP contribution is 2.45. The maximum Gasteiger partial charge on any atom is 0.188 e. The lowest BCUT2D eigenvalue weighted by Gasteiger charge is -2.23. The molecule has 3 aromatic carbocycles. The molecule has 0 saturated heterocycles. The lowest BCUT2D eigenvalue weighted by atomic mass is 10.2. The van der Waals surface area contributed by atoms with Crippen LogP contribution >= 0.6 is 14.3 Å². The summed E-state index contributed by atoms with van der Waals surface area (Å²) >= 11 is 0. The summed E-state index contributed by atoms with van der Waals surface area (Å²) in [4.78, 5) is 18.7. The van der Waals surface area contributed by atoms with Gasteiger partial charge in [-0.2, -0.15) is 0 Å². The van der Waals surface area contributed by atoms with Crippen LogP contribution in [0.1, 0.15) is 0 Å². The minimum Gasteiger partial charge on any atom is -0.307 e. The lowest BCUT2D eigenvalue weighted by molar-refractivity contribution is 0.591. The molecule has 4 aromatic heterocycles. The number of benzene rings is 3. The molecule has 7 rings (SSSR count). The molecule has 0 amide bonds. The molecule has 0 fully saturated rings. The summed E-state index contributed by atoms with van der Waals surface area (Å²) < 4.78 is 31.2. The minimum atomic E-state index is -3.55. The Morgan fingerprint density at radius 3 is 1.13 bits per heavy atom. The highest BCUT2D eigenvalue weighted by Gasteiger charge is 2.36. The highest BCUT2D eigenvalue weighted by molar-refractivity contribution is 7.86. The fourth-order valence-electron chi connectivity index (χ4n) is 5.50. The Morgan fingerprint density at radius 1 is 0.348 bits per heavy atom. The third kappa shape index (κ3) is 5.43. The smallest absolute Gasteiger partial charge is 0.188 e. The number of nitrogens with zero attached hydrogens (tertiary/aromatic N) is 4. The van der Waals surface area contributed by atoms with Gasteiger partial charge in [0.1, 0.15) is 10.9 Å². The van der Waals surface area contributed by atoms with Gasteiger partial charge in [0.05, 0.1) is 22.8 Å². The van der Waals surface area contributed by atoms with Gasteiger partial charge in [0.25, 0.3) is 0 Å². The predicted octanol–water partition coefficient (Wildman–Crippen LogP) is 5.88. The van der Waals surface area contributed by atoms with Gasteiger partial charge in [-0.05, 0) is 54.6 Å². The van der Waals surface area contributed by atoms with Crippen LogP contribution in [0.25, 0.3) is 22.8 Å². The molecule has 6 nitrogen and oxygen atoms in total. The molecule has 7 aromatic rings. The van der Waals surface area contributed by atoms with Crippen molar-refractivity contribution in [2.24, 2.45) is 0 Å². The molecule has 2 atom stereocenters. The Balaban J connectivity index is 1.43. The van der Waals surface area contributed by atoms with Gasteiger partial charge < -0.3 is 9.13 Å². The van der Waals surface area contributed by atoms with E-state index in [9.17, 15) is 0 Å². The number of rotatable bonds is 8. The van der Waals surface area contributed by atoms with Gasteiger partial charge >= 0.3 is 0 Å². The van der Waals surface area contributed by atoms with Gasteiger partial charge in [-0.15, -0.1) is 0 Å². The van der Waals surface area contributed by atoms with Crippen molar-refractivity contribution in [1.29, 1.82) is 0 Å². The van der Waals surface area contributed by atoms with E-state index in [0.29, 0.717) is 54.9 Å². The van der Waals surface area contributed by atoms with Gasteiger partial charge in [-0.25, -0.2) is 9.97 Å². The van der Waals surface area contributed by atoms with Crippen LogP contribution in [-0.4, -0.2) is 19.9 Å². The van der Waals surface area contributed by atoms with E-state index in [4.69, 9.17) is 9.97 Å². The molecular weight excluding hydrogens is 606 g/mol. The maximum atomic E-state index is 15.6. The number of pyridine rings is 4. The van der Waals surface area contributed by atoms with Crippen LogP contribution in [0.2, 0.25) is 0 Å². The summed E-state index contributed by atoms with van der Waals surface area (Å²) in [5, 5.41) is 2.31. The summed E-state index contributed by atoms with van der Waals surface area (Å²) in [6, 6.07) is 48.3. The lowest BCUT2D eigenvalue weighted by Crippen LogP contribution is -2.32. The van der Waals surface area contributed by atoms with Gasteiger partial charge in [0, 0.05) is 33.6 Å². The van der Waals surface area contributed by atoms with Gasteiger partial charge in [-0.1, -0.05) is 103 Å². The molecule has 8 heteroatoms. The average Bonchev–Trinajstić information content (AvgIpc) is 3.15. The average molecular weight is 635 g/mol. The largest absolute Gasteiger partial charge is 0.307 e. The van der Waals surface area contributed by atoms with Crippen molar-refractivity contribution in [3.63, 3.8) is 0 Å². The molecule has 0 bridgehead atoms. The van der Waals surface area contributed by atoms with E-state index in [1.54, 1.807) is 24.5 Å². The predicted molar refractivity (Wildman–Crippen MR) is 187 cm³/mol.